The normalized spacial score (nSPS) is 24.8. The van der Waals surface area contributed by atoms with Crippen LogP contribution in [0.1, 0.15) is 108 Å². The molecule has 2 N–H and O–H groups in total. The Morgan fingerprint density at radius 1 is 1.02 bits per heavy atom. The van der Waals surface area contributed by atoms with Gasteiger partial charge in [0.1, 0.15) is 17.7 Å². The van der Waals surface area contributed by atoms with E-state index in [1.807, 2.05) is 23.4 Å². The Balaban J connectivity index is 1.21. The summed E-state index contributed by atoms with van der Waals surface area (Å²) >= 11 is 1.70. The van der Waals surface area contributed by atoms with Crippen LogP contribution in [0.5, 0.6) is 5.75 Å². The van der Waals surface area contributed by atoms with Gasteiger partial charge in [0, 0.05) is 43.4 Å². The zero-order chi connectivity index (χ0) is 35.5. The van der Waals surface area contributed by atoms with Gasteiger partial charge in [-0.3, -0.25) is 9.69 Å². The fourth-order valence-electron chi connectivity index (χ4n) is 8.33. The number of aliphatic hydroxyl groups is 1. The molecule has 2 amide bonds. The number of nitrogens with one attached hydrogen (secondary N) is 1. The summed E-state index contributed by atoms with van der Waals surface area (Å²) in [5.74, 6) is 1.62. The van der Waals surface area contributed by atoms with Gasteiger partial charge < -0.3 is 19.9 Å². The Hall–Kier alpha value is -3.50. The third-order valence-electron chi connectivity index (χ3n) is 11.5. The molecule has 4 saturated carbocycles. The lowest BCUT2D eigenvalue weighted by Crippen LogP contribution is -2.52. The van der Waals surface area contributed by atoms with Crippen molar-refractivity contribution in [3.8, 4) is 16.2 Å². The molecule has 4 fully saturated rings. The third kappa shape index (κ3) is 7.86. The molecule has 2 heterocycles. The van der Waals surface area contributed by atoms with Gasteiger partial charge in [-0.25, -0.2) is 14.8 Å². The van der Waals surface area contributed by atoms with Crippen molar-refractivity contribution in [3.63, 3.8) is 0 Å². The van der Waals surface area contributed by atoms with Crippen LogP contribution < -0.4 is 15.0 Å². The minimum Gasteiger partial charge on any atom is -0.496 e. The van der Waals surface area contributed by atoms with Crippen LogP contribution in [0.2, 0.25) is 0 Å². The fourth-order valence-corrected chi connectivity index (χ4v) is 9.30. The van der Waals surface area contributed by atoms with E-state index in [0.29, 0.717) is 51.0 Å². The van der Waals surface area contributed by atoms with Crippen molar-refractivity contribution in [2.24, 2.45) is 11.3 Å². The Labute approximate surface area is 301 Å². The molecule has 0 unspecified atom stereocenters. The molecule has 0 radical (unpaired) electrons. The van der Waals surface area contributed by atoms with Crippen LogP contribution >= 0.6 is 11.3 Å². The number of carbonyl (C=O) groups is 2. The lowest BCUT2D eigenvalue weighted by atomic mass is 9.51. The van der Waals surface area contributed by atoms with Gasteiger partial charge in [0.15, 0.2) is 0 Å². The number of hydrogen-bond donors (Lipinski definition) is 2. The number of alkyl carbamates (subject to hydrolysis) is 1. The summed E-state index contributed by atoms with van der Waals surface area (Å²) in [4.78, 5) is 39.5. The summed E-state index contributed by atoms with van der Waals surface area (Å²) in [5, 5.41) is 12.8. The van der Waals surface area contributed by atoms with Crippen molar-refractivity contribution in [2.75, 3.05) is 31.7 Å². The number of fused-ring (bicyclic) bond motifs is 3. The lowest BCUT2D eigenvalue weighted by Gasteiger charge is -2.55. The van der Waals surface area contributed by atoms with Gasteiger partial charge in [-0.1, -0.05) is 32.9 Å². The maximum absolute atomic E-state index is 14.6. The second-order valence-corrected chi connectivity index (χ2v) is 17.0. The SMILES string of the molecule is COc1ccc(C23CCC(CN(c4cc(-c5cnc(C(C)(C)C)s5)ccn4)C(=O)[C@H]4CC[C@H](OC(=O)NCCCO)CC4)(CC2)CC3)cc1C. The number of rotatable bonds is 11. The van der Waals surface area contributed by atoms with E-state index in [4.69, 9.17) is 24.5 Å². The molecular weight excluding hydrogens is 649 g/mol. The number of aryl methyl sites for hydroxylation is 1. The molecule has 10 heteroatoms. The zero-order valence-corrected chi connectivity index (χ0v) is 31.2. The quantitative estimate of drug-likeness (QED) is 0.194. The average Bonchev–Trinajstić information content (AvgIpc) is 3.64. The molecule has 0 saturated heterocycles. The van der Waals surface area contributed by atoms with E-state index in [-0.39, 0.29) is 40.8 Å². The predicted octanol–water partition coefficient (Wildman–Crippen LogP) is 8.11. The summed E-state index contributed by atoms with van der Waals surface area (Å²) in [7, 11) is 1.73. The Morgan fingerprint density at radius 2 is 1.74 bits per heavy atom. The van der Waals surface area contributed by atoms with Crippen LogP contribution in [0.15, 0.2) is 42.7 Å². The highest BCUT2D eigenvalue weighted by Crippen LogP contribution is 2.58. The molecule has 0 atom stereocenters. The number of anilines is 1. The number of aromatic nitrogens is 2. The van der Waals surface area contributed by atoms with Gasteiger partial charge in [-0.05, 0) is 123 Å². The molecular formula is C40H54N4O5S. The van der Waals surface area contributed by atoms with Crippen molar-refractivity contribution in [1.29, 1.82) is 0 Å². The van der Waals surface area contributed by atoms with E-state index in [2.05, 4.69) is 57.3 Å². The highest BCUT2D eigenvalue weighted by Gasteiger charge is 2.51. The van der Waals surface area contributed by atoms with E-state index in [0.717, 1.165) is 59.7 Å². The second kappa shape index (κ2) is 15.0. The van der Waals surface area contributed by atoms with E-state index in [9.17, 15) is 9.59 Å². The molecule has 50 heavy (non-hydrogen) atoms. The number of carbonyl (C=O) groups excluding carboxylic acids is 2. The molecule has 4 aliphatic rings. The van der Waals surface area contributed by atoms with Gasteiger partial charge in [0.05, 0.1) is 17.0 Å². The number of methoxy groups -OCH3 is 1. The highest BCUT2D eigenvalue weighted by molar-refractivity contribution is 7.15. The van der Waals surface area contributed by atoms with Crippen LogP contribution in [-0.4, -0.2) is 60.0 Å². The number of nitrogens with zero attached hydrogens (tertiary/aromatic N) is 3. The van der Waals surface area contributed by atoms with Crippen molar-refractivity contribution >= 4 is 29.2 Å². The van der Waals surface area contributed by atoms with E-state index in [1.54, 1.807) is 18.4 Å². The first-order valence-electron chi connectivity index (χ1n) is 18.4. The van der Waals surface area contributed by atoms with Gasteiger partial charge in [0.25, 0.3) is 0 Å². The first-order chi connectivity index (χ1) is 23.9. The second-order valence-electron chi connectivity index (χ2n) is 16.0. The number of thiazole rings is 1. The van der Waals surface area contributed by atoms with Crippen LogP contribution in [0, 0.1) is 18.3 Å². The van der Waals surface area contributed by atoms with E-state index < -0.39 is 6.09 Å². The summed E-state index contributed by atoms with van der Waals surface area (Å²) < 4.78 is 11.2. The summed E-state index contributed by atoms with van der Waals surface area (Å²) in [6, 6.07) is 10.8. The van der Waals surface area contributed by atoms with Crippen molar-refractivity contribution < 1.29 is 24.2 Å². The fraction of sp³-hybridized carbons (Fsp3) is 0.600. The van der Waals surface area contributed by atoms with Crippen molar-refractivity contribution in [2.45, 2.75) is 115 Å². The van der Waals surface area contributed by atoms with E-state index in [1.165, 1.54) is 11.1 Å². The van der Waals surface area contributed by atoms with Crippen molar-refractivity contribution in [3.05, 3.63) is 58.9 Å². The third-order valence-corrected chi connectivity index (χ3v) is 13.0. The minimum atomic E-state index is -0.455. The molecule has 270 valence electrons. The van der Waals surface area contributed by atoms with Gasteiger partial charge in [-0.2, -0.15) is 0 Å². The van der Waals surface area contributed by atoms with Crippen LogP contribution in [0.4, 0.5) is 10.6 Å². The predicted molar refractivity (Wildman–Crippen MR) is 198 cm³/mol. The number of ether oxygens (including phenoxy) is 2. The molecule has 4 aliphatic carbocycles. The largest absolute Gasteiger partial charge is 0.496 e. The van der Waals surface area contributed by atoms with Crippen LogP contribution in [0.25, 0.3) is 10.4 Å². The summed E-state index contributed by atoms with van der Waals surface area (Å²) in [6.45, 7) is 9.73. The molecule has 3 aromatic rings. The molecule has 0 spiro atoms. The van der Waals surface area contributed by atoms with Crippen LogP contribution in [-0.2, 0) is 20.4 Å². The summed E-state index contributed by atoms with van der Waals surface area (Å²) in [6.07, 6.45) is 12.8. The Morgan fingerprint density at radius 3 is 2.36 bits per heavy atom. The smallest absolute Gasteiger partial charge is 0.407 e. The van der Waals surface area contributed by atoms with Gasteiger partial charge in [0.2, 0.25) is 5.91 Å². The first kappa shape index (κ1) is 36.3. The topological polar surface area (TPSA) is 114 Å². The molecule has 2 aromatic heterocycles. The standard InChI is InChI=1S/C40H54N4O5S/c1-27-23-30(9-12-32(27)48-5)40-17-14-39(15-18-40,16-19-40)26-44(34-24-29(13-21-41-34)33-25-43-36(50-33)38(2,3)4)35(46)28-7-10-31(11-8-28)49-37(47)42-20-6-22-45/h9,12-13,21,23-25,28,31,45H,6-8,10-11,14-20,22,26H2,1-5H3,(H,42,47)/t28-,31-,39?,40?. The zero-order valence-electron chi connectivity index (χ0n) is 30.4. The first-order valence-corrected chi connectivity index (χ1v) is 19.2. The highest BCUT2D eigenvalue weighted by atomic mass is 32.1. The average molecular weight is 703 g/mol. The lowest BCUT2D eigenvalue weighted by molar-refractivity contribution is -0.124. The number of benzene rings is 1. The number of hydrogen-bond acceptors (Lipinski definition) is 8. The van der Waals surface area contributed by atoms with Crippen LogP contribution in [0.3, 0.4) is 0 Å². The number of amides is 2. The maximum atomic E-state index is 14.6. The molecule has 9 nitrogen and oxygen atoms in total. The van der Waals surface area contributed by atoms with Gasteiger partial charge >= 0.3 is 6.09 Å². The monoisotopic (exact) mass is 702 g/mol. The molecule has 0 aliphatic heterocycles. The minimum absolute atomic E-state index is 0.0223. The molecule has 2 bridgehead atoms. The van der Waals surface area contributed by atoms with E-state index >= 15 is 0 Å². The molecule has 7 rings (SSSR count). The number of aliphatic hydroxyl groups excluding tert-OH is 1. The Bertz CT molecular complexity index is 1630. The number of pyridine rings is 1. The molecule has 1 aromatic carbocycles. The van der Waals surface area contributed by atoms with Crippen molar-refractivity contribution in [1.82, 2.24) is 15.3 Å². The summed E-state index contributed by atoms with van der Waals surface area (Å²) in [5.41, 5.74) is 3.83. The maximum Gasteiger partial charge on any atom is 0.407 e. The van der Waals surface area contributed by atoms with Gasteiger partial charge in [-0.15, -0.1) is 11.3 Å². The Kier molecular flexibility index (Phi) is 10.9.